The first-order valence-electron chi connectivity index (χ1n) is 25.1. The molecule has 2 aromatic carbocycles. The van der Waals surface area contributed by atoms with Gasteiger partial charge in [-0.3, -0.25) is 9.59 Å². The Morgan fingerprint density at radius 2 is 0.677 bits per heavy atom. The Kier molecular flexibility index (Phi) is 42.8. The minimum Gasteiger partial charge on any atom is -0.550 e. The molecule has 2 aromatic rings. The summed E-state index contributed by atoms with van der Waals surface area (Å²) in [7, 11) is 0. The third kappa shape index (κ3) is 40.6. The van der Waals surface area contributed by atoms with Crippen LogP contribution >= 0.6 is 0 Å². The molecule has 0 fully saturated rings. The fraction of sp³-hybridized carbons (Fsp3) is 0.704. The summed E-state index contributed by atoms with van der Waals surface area (Å²) in [5.41, 5.74) is 2.40. The van der Waals surface area contributed by atoms with E-state index < -0.39 is 36.1 Å². The second-order valence-corrected chi connectivity index (χ2v) is 17.5. The molecule has 364 valence electrons. The van der Waals surface area contributed by atoms with Crippen molar-refractivity contribution >= 4 is 72.8 Å². The molecule has 65 heavy (non-hydrogen) atoms. The SMILES string of the molecule is CCCCCCCCCC(CCCCCC(CC(=O)[O-])OC(C)=O)OCc1ccccc1.CCCCCCCCCC(CCCCCC(CC(=O)[O-])OC(C)=O)OCc1ccccc1.[Ba+2]. The molecule has 4 atom stereocenters. The standard InChI is InChI=1S/2C27H44O5.Ba/c2*1-3-4-5-6-7-8-13-18-25(31-22-24-16-11-9-12-17-24)19-14-10-15-20-26(21-27(29)30)32-23(2)28;/h2*9,11-12,16-17,25-26H,3-8,10,13-15,18-22H2,1-2H3,(H,29,30);/q;;+2/p-2. The number of rotatable bonds is 40. The normalized spacial score (nSPS) is 12.7. The number of hydrogen-bond acceptors (Lipinski definition) is 10. The molecule has 2 rings (SSSR count). The van der Waals surface area contributed by atoms with Crippen molar-refractivity contribution in [3.8, 4) is 0 Å². The van der Waals surface area contributed by atoms with Crippen LogP contribution in [0.5, 0.6) is 0 Å². The van der Waals surface area contributed by atoms with E-state index in [4.69, 9.17) is 18.9 Å². The van der Waals surface area contributed by atoms with Gasteiger partial charge in [0.15, 0.2) is 0 Å². The van der Waals surface area contributed by atoms with E-state index in [0.717, 1.165) is 64.2 Å². The van der Waals surface area contributed by atoms with E-state index in [1.54, 1.807) is 0 Å². The Hall–Kier alpha value is -2.19. The average Bonchev–Trinajstić information content (AvgIpc) is 3.26. The van der Waals surface area contributed by atoms with Crippen LogP contribution in [-0.2, 0) is 51.3 Å². The summed E-state index contributed by atoms with van der Waals surface area (Å²) < 4.78 is 22.7. The van der Waals surface area contributed by atoms with Gasteiger partial charge in [0.1, 0.15) is 12.2 Å². The number of hydrogen-bond donors (Lipinski definition) is 0. The Morgan fingerprint density at radius 1 is 0.415 bits per heavy atom. The molecule has 0 saturated heterocycles. The summed E-state index contributed by atoms with van der Waals surface area (Å²) in [6.07, 6.45) is 27.9. The molecule has 0 spiro atoms. The number of carboxylic acid groups (broad SMARTS) is 2. The average molecular weight is 1030 g/mol. The maximum absolute atomic E-state index is 11.1. The fourth-order valence-corrected chi connectivity index (χ4v) is 7.94. The molecule has 0 amide bonds. The number of unbranched alkanes of at least 4 members (excludes halogenated alkanes) is 16. The molecule has 0 aliphatic carbocycles. The van der Waals surface area contributed by atoms with Crippen LogP contribution in [0.1, 0.15) is 219 Å². The van der Waals surface area contributed by atoms with Crippen molar-refractivity contribution in [2.45, 2.75) is 245 Å². The number of carbonyl (C=O) groups excluding carboxylic acids is 4. The van der Waals surface area contributed by atoms with Crippen LogP contribution in [0.4, 0.5) is 0 Å². The van der Waals surface area contributed by atoms with Gasteiger partial charge in [0.25, 0.3) is 0 Å². The summed E-state index contributed by atoms with van der Waals surface area (Å²) in [4.78, 5) is 44.0. The molecule has 4 unspecified atom stereocenters. The number of esters is 2. The van der Waals surface area contributed by atoms with E-state index in [1.807, 2.05) is 36.4 Å². The van der Waals surface area contributed by atoms with Gasteiger partial charge in [0.2, 0.25) is 0 Å². The monoisotopic (exact) mass is 1030 g/mol. The molecule has 11 heteroatoms. The minimum atomic E-state index is -1.18. The van der Waals surface area contributed by atoms with E-state index in [1.165, 1.54) is 115 Å². The molecule has 0 aliphatic heterocycles. The largest absolute Gasteiger partial charge is 2.00 e. The van der Waals surface area contributed by atoms with Gasteiger partial charge in [-0.1, -0.05) is 190 Å². The van der Waals surface area contributed by atoms with Crippen molar-refractivity contribution in [2.75, 3.05) is 0 Å². The molecular weight excluding hydrogens is 946 g/mol. The van der Waals surface area contributed by atoms with Crippen molar-refractivity contribution in [3.63, 3.8) is 0 Å². The summed E-state index contributed by atoms with van der Waals surface area (Å²) in [6.45, 7) is 8.38. The maximum Gasteiger partial charge on any atom is 2.00 e. The summed E-state index contributed by atoms with van der Waals surface area (Å²) in [5, 5.41) is 21.7. The fourth-order valence-electron chi connectivity index (χ4n) is 7.94. The Morgan fingerprint density at radius 3 is 0.954 bits per heavy atom. The van der Waals surface area contributed by atoms with Crippen molar-refractivity contribution in [2.24, 2.45) is 0 Å². The number of ether oxygens (including phenoxy) is 4. The number of aliphatic carboxylic acids is 2. The summed E-state index contributed by atoms with van der Waals surface area (Å²) in [5.74, 6) is -3.25. The van der Waals surface area contributed by atoms with E-state index in [9.17, 15) is 29.4 Å². The van der Waals surface area contributed by atoms with E-state index in [0.29, 0.717) is 26.1 Å². The first-order valence-corrected chi connectivity index (χ1v) is 25.1. The van der Waals surface area contributed by atoms with E-state index in [-0.39, 0.29) is 73.9 Å². The van der Waals surface area contributed by atoms with E-state index in [2.05, 4.69) is 38.1 Å². The smallest absolute Gasteiger partial charge is 0.550 e. The number of carbonyl (C=O) groups is 4. The van der Waals surface area contributed by atoms with Gasteiger partial charge in [-0.25, -0.2) is 0 Å². The third-order valence-electron chi connectivity index (χ3n) is 11.5. The summed E-state index contributed by atoms with van der Waals surface area (Å²) in [6, 6.07) is 20.6. The zero-order chi connectivity index (χ0) is 46.9. The van der Waals surface area contributed by atoms with Gasteiger partial charge in [0, 0.05) is 38.6 Å². The van der Waals surface area contributed by atoms with Crippen LogP contribution in [-0.4, -0.2) is 97.2 Å². The third-order valence-corrected chi connectivity index (χ3v) is 11.5. The van der Waals surface area contributed by atoms with Crippen molar-refractivity contribution in [1.82, 2.24) is 0 Å². The van der Waals surface area contributed by atoms with Crippen molar-refractivity contribution in [3.05, 3.63) is 71.8 Å². The second kappa shape index (κ2) is 44.3. The van der Waals surface area contributed by atoms with Gasteiger partial charge in [-0.05, 0) is 62.5 Å². The predicted molar refractivity (Wildman–Crippen MR) is 258 cm³/mol. The molecular formula is C54H86BaO10. The Labute approximate surface area is 434 Å². The molecule has 0 bridgehead atoms. The van der Waals surface area contributed by atoms with Crippen LogP contribution in [0.15, 0.2) is 60.7 Å². The molecule has 0 aromatic heterocycles. The quantitative estimate of drug-likeness (QED) is 0.0358. The van der Waals surface area contributed by atoms with Crippen molar-refractivity contribution in [1.29, 1.82) is 0 Å². The Balaban J connectivity index is 0.00000124. The second-order valence-electron chi connectivity index (χ2n) is 17.5. The molecule has 0 saturated carbocycles. The molecule has 0 heterocycles. The molecule has 0 radical (unpaired) electrons. The summed E-state index contributed by atoms with van der Waals surface area (Å²) >= 11 is 0. The minimum absolute atomic E-state index is 0. The van der Waals surface area contributed by atoms with E-state index >= 15 is 0 Å². The van der Waals surface area contributed by atoms with Gasteiger partial charge >= 0.3 is 60.8 Å². The van der Waals surface area contributed by atoms with Crippen LogP contribution in [0.3, 0.4) is 0 Å². The van der Waals surface area contributed by atoms with Crippen LogP contribution < -0.4 is 10.2 Å². The van der Waals surface area contributed by atoms with Crippen molar-refractivity contribution < 1.29 is 48.3 Å². The molecule has 0 aliphatic rings. The first kappa shape index (κ1) is 62.8. The van der Waals surface area contributed by atoms with Crippen LogP contribution in [0, 0.1) is 0 Å². The maximum atomic E-state index is 11.1. The van der Waals surface area contributed by atoms with Gasteiger partial charge < -0.3 is 38.7 Å². The molecule has 0 N–H and O–H groups in total. The first-order chi connectivity index (χ1) is 31.0. The topological polar surface area (TPSA) is 151 Å². The zero-order valence-corrected chi connectivity index (χ0v) is 45.5. The van der Waals surface area contributed by atoms with Gasteiger partial charge in [-0.2, -0.15) is 0 Å². The van der Waals surface area contributed by atoms with Gasteiger partial charge in [-0.15, -0.1) is 0 Å². The predicted octanol–water partition coefficient (Wildman–Crippen LogP) is 11.1. The molecule has 10 nitrogen and oxygen atoms in total. The van der Waals surface area contributed by atoms with Gasteiger partial charge in [0.05, 0.1) is 25.4 Å². The van der Waals surface area contributed by atoms with Crippen LogP contribution in [0.25, 0.3) is 0 Å². The number of carboxylic acids is 2. The number of benzene rings is 2. The Bertz CT molecular complexity index is 1290. The zero-order valence-electron chi connectivity index (χ0n) is 41.1. The van der Waals surface area contributed by atoms with Crippen LogP contribution in [0.2, 0.25) is 0 Å².